The lowest BCUT2D eigenvalue weighted by atomic mass is 9.90. The Balaban J connectivity index is 1.04. The van der Waals surface area contributed by atoms with E-state index >= 15 is 8.63 Å². The fourth-order valence-corrected chi connectivity index (χ4v) is 8.41. The summed E-state index contributed by atoms with van der Waals surface area (Å²) >= 11 is 0. The number of carboxylic acid groups (broad SMARTS) is 3. The van der Waals surface area contributed by atoms with Crippen molar-refractivity contribution in [2.75, 3.05) is 17.6 Å². The van der Waals surface area contributed by atoms with Crippen LogP contribution in [0.3, 0.4) is 0 Å². The lowest BCUT2D eigenvalue weighted by molar-refractivity contribution is -0.362. The van der Waals surface area contributed by atoms with Gasteiger partial charge in [-0.3, -0.25) is 43.3 Å². The number of fused-ring (bicyclic) bond motifs is 3. The van der Waals surface area contributed by atoms with Crippen molar-refractivity contribution in [1.82, 2.24) is 40.4 Å². The summed E-state index contributed by atoms with van der Waals surface area (Å²) in [5.41, 5.74) is 7.77. The number of H-pyrrole nitrogens is 1. The zero-order valence-corrected chi connectivity index (χ0v) is 39.2. The van der Waals surface area contributed by atoms with Crippen LogP contribution < -0.4 is 32.6 Å². The number of aromatic nitrogens is 5. The Morgan fingerprint density at radius 2 is 1.62 bits per heavy atom. The number of nitrogens with zero attached hydrogens (tertiary/aromatic N) is 5. The second-order valence-corrected chi connectivity index (χ2v) is 17.4. The lowest BCUT2D eigenvalue weighted by Gasteiger charge is -2.30. The first-order valence-corrected chi connectivity index (χ1v) is 22.8. The van der Waals surface area contributed by atoms with Crippen molar-refractivity contribution in [3.05, 3.63) is 92.9 Å². The van der Waals surface area contributed by atoms with Crippen LogP contribution in [0.2, 0.25) is 0 Å². The molecule has 0 bridgehead atoms. The number of carbonyl (C=O) groups excluding carboxylic acids is 5. The summed E-state index contributed by atoms with van der Waals surface area (Å²) in [7, 11) is 0. The van der Waals surface area contributed by atoms with Gasteiger partial charge in [-0.05, 0) is 68.3 Å². The van der Waals surface area contributed by atoms with Gasteiger partial charge in [-0.15, -0.1) is 0 Å². The van der Waals surface area contributed by atoms with Gasteiger partial charge in [0, 0.05) is 73.8 Å². The number of carbonyl (C=O) groups is 8. The van der Waals surface area contributed by atoms with Crippen molar-refractivity contribution in [2.24, 2.45) is 11.8 Å². The van der Waals surface area contributed by atoms with Crippen molar-refractivity contribution >= 4 is 88.8 Å². The van der Waals surface area contributed by atoms with Crippen LogP contribution >= 0.6 is 0 Å². The molecular weight excluding hydrogens is 947 g/mol. The molecule has 0 fully saturated rings. The van der Waals surface area contributed by atoms with E-state index in [-0.39, 0.29) is 59.9 Å². The summed E-state index contributed by atoms with van der Waals surface area (Å²) < 4.78 is 33.7. The van der Waals surface area contributed by atoms with Gasteiger partial charge < -0.3 is 59.9 Å². The molecule has 3 amide bonds. The number of ketones is 2. The van der Waals surface area contributed by atoms with Gasteiger partial charge in [0.2, 0.25) is 17.8 Å². The molecule has 0 aliphatic carbocycles. The number of hydrogen-bond acceptors (Lipinski definition) is 14. The third-order valence-corrected chi connectivity index (χ3v) is 12.2. The Kier molecular flexibility index (Phi) is 16.6. The summed E-state index contributed by atoms with van der Waals surface area (Å²) in [6, 6.07) is 4.28. The van der Waals surface area contributed by atoms with E-state index in [2.05, 4.69) is 41.2 Å². The van der Waals surface area contributed by atoms with Gasteiger partial charge in [0.05, 0.1) is 36.7 Å². The van der Waals surface area contributed by atoms with Crippen LogP contribution in [0.15, 0.2) is 59.2 Å². The molecule has 0 unspecified atom stereocenters. The molecule has 0 radical (unpaired) electrons. The van der Waals surface area contributed by atoms with E-state index in [9.17, 15) is 58.5 Å². The van der Waals surface area contributed by atoms with Crippen LogP contribution in [0.1, 0.15) is 91.3 Å². The van der Waals surface area contributed by atoms with E-state index in [1.807, 2.05) is 0 Å². The van der Waals surface area contributed by atoms with Gasteiger partial charge in [-0.1, -0.05) is 6.92 Å². The highest BCUT2D eigenvalue weighted by molar-refractivity contribution is 6.58. The Bertz CT molecular complexity index is 3010. The minimum Gasteiger partial charge on any atom is -0.481 e. The maximum absolute atomic E-state index is 15.9. The van der Waals surface area contributed by atoms with Gasteiger partial charge in [0.1, 0.15) is 23.6 Å². The number of rotatable bonds is 25. The number of aliphatic carboxylic acids is 3. The van der Waals surface area contributed by atoms with Crippen molar-refractivity contribution in [1.29, 1.82) is 0 Å². The van der Waals surface area contributed by atoms with Crippen LogP contribution in [0.5, 0.6) is 0 Å². The quantitative estimate of drug-likeness (QED) is 0.0429. The average molecular weight is 1000 g/mol. The Labute approximate surface area is 408 Å². The number of anilines is 2. The van der Waals surface area contributed by atoms with Gasteiger partial charge in [0.15, 0.2) is 22.6 Å². The summed E-state index contributed by atoms with van der Waals surface area (Å²) in [5.74, 6) is -11.5. The molecule has 4 aromatic rings. The minimum atomic E-state index is -4.31. The van der Waals surface area contributed by atoms with Crippen molar-refractivity contribution in [3.63, 3.8) is 0 Å². The molecule has 72 heavy (non-hydrogen) atoms. The second kappa shape index (κ2) is 22.5. The molecular formula is C46H52BF2N11O12. The first-order valence-electron chi connectivity index (χ1n) is 22.8. The number of benzene rings is 1. The van der Waals surface area contributed by atoms with Crippen molar-refractivity contribution < 1.29 is 66.8 Å². The van der Waals surface area contributed by atoms with E-state index in [0.717, 1.165) is 8.96 Å². The highest BCUT2D eigenvalue weighted by Crippen LogP contribution is 2.34. The molecule has 0 spiro atoms. The Hall–Kier alpha value is -8.45. The number of Topliss-reactive ketones (excluding diaryl/α,β-unsaturated/α-hetero) is 2. The number of amides is 3. The highest BCUT2D eigenvalue weighted by atomic mass is 19.2. The van der Waals surface area contributed by atoms with E-state index in [1.165, 1.54) is 49.5 Å². The van der Waals surface area contributed by atoms with Gasteiger partial charge >= 0.3 is 24.9 Å². The predicted octanol–water partition coefficient (Wildman–Crippen LogP) is 2.09. The number of carboxylic acids is 3. The highest BCUT2D eigenvalue weighted by Gasteiger charge is 2.52. The lowest BCUT2D eigenvalue weighted by Crippen LogP contribution is -2.51. The molecule has 1 aromatic carbocycles. The van der Waals surface area contributed by atoms with Crippen LogP contribution in [0.25, 0.3) is 17.2 Å². The minimum absolute atomic E-state index is 0.0175. The number of halogens is 2. The zero-order valence-electron chi connectivity index (χ0n) is 39.2. The maximum atomic E-state index is 15.9. The largest absolute Gasteiger partial charge is 0.737 e. The monoisotopic (exact) mass is 999 g/mol. The van der Waals surface area contributed by atoms with Crippen molar-refractivity contribution in [2.45, 2.75) is 90.8 Å². The SMILES string of the molecule is CC[C@H](CC(=O)[C@H](CNC(=O)CCC1=[N+]2C(=Cc3c(C)cc(C)n3[B-]2(F)F)C=C1)NC(=O)[C@H](CC(=O)O)CC(=O)CC[C@H](NC(=O)c1ccc(NCc2cnc3nc(N)[nH]c(=O)c3n2)cc1)C(=O)O)C(=O)O. The normalized spacial score (nSPS) is 15.0. The molecule has 3 aromatic heterocycles. The summed E-state index contributed by atoms with van der Waals surface area (Å²) in [6.45, 7) is 0.0231. The number of aryl methyl sites for hydroxylation is 2. The molecule has 380 valence electrons. The number of nitrogens with one attached hydrogen (secondary N) is 5. The Morgan fingerprint density at radius 1 is 0.903 bits per heavy atom. The maximum Gasteiger partial charge on any atom is 0.737 e. The number of nitrogen functional groups attached to an aromatic ring is 1. The van der Waals surface area contributed by atoms with Crippen molar-refractivity contribution in [3.8, 4) is 0 Å². The number of nitrogens with two attached hydrogens (primary N) is 1. The van der Waals surface area contributed by atoms with Crippen LogP contribution in [-0.2, 0) is 40.1 Å². The second-order valence-electron chi connectivity index (χ2n) is 17.4. The predicted molar refractivity (Wildman–Crippen MR) is 254 cm³/mol. The van der Waals surface area contributed by atoms with Gasteiger partial charge in [-0.2, -0.15) is 4.98 Å². The van der Waals surface area contributed by atoms with Crippen LogP contribution in [-0.4, -0.2) is 123 Å². The van der Waals surface area contributed by atoms with E-state index < -0.39 is 122 Å². The fraction of sp³-hybridized carbons (Fsp3) is 0.370. The van der Waals surface area contributed by atoms with Gasteiger partial charge in [-0.25, -0.2) is 14.8 Å². The molecule has 4 atom stereocenters. The van der Waals surface area contributed by atoms with E-state index in [0.29, 0.717) is 28.3 Å². The molecule has 6 rings (SSSR count). The average Bonchev–Trinajstić information content (AvgIpc) is 3.88. The number of allylic oxidation sites excluding steroid dienone is 2. The smallest absolute Gasteiger partial charge is 0.481 e. The topological polar surface area (TPSA) is 351 Å². The van der Waals surface area contributed by atoms with Crippen LogP contribution in [0.4, 0.5) is 20.3 Å². The molecule has 5 heterocycles. The summed E-state index contributed by atoms with van der Waals surface area (Å²) in [5, 5.41) is 39.4. The molecule has 10 N–H and O–H groups in total. The van der Waals surface area contributed by atoms with Crippen LogP contribution in [0, 0.1) is 25.7 Å². The molecule has 23 nitrogen and oxygen atoms in total. The molecule has 0 saturated carbocycles. The third-order valence-electron chi connectivity index (χ3n) is 12.2. The first-order chi connectivity index (χ1) is 34.0. The third kappa shape index (κ3) is 12.7. The Morgan fingerprint density at radius 3 is 2.29 bits per heavy atom. The number of hydrogen-bond donors (Lipinski definition) is 9. The zero-order chi connectivity index (χ0) is 52.6. The number of aromatic amines is 1. The summed E-state index contributed by atoms with van der Waals surface area (Å²) in [4.78, 5) is 129. The standard InChI is InChI=1S/C46H52BF2N11O12/c1-4-25(44(69)70)17-36(62)34(22-52-37(63)14-11-30-9-10-31-19-35-23(2)15-24(3)59(35)47(48,49)60(30)31)56-42(67)27(18-38(64)65)16-32(61)12-13-33(45(71)72)55-41(66)26-5-7-28(8-6-26)51-20-29-21-53-40-39(54-29)43(68)58-46(50)57-40/h5-10,15,19,21,25,27,33-34,51H,4,11-14,16-18,20,22H2,1-3H3,(H,52,63)(H,55,66)(H,56,67)(H,64,65)(H,69,70)(H,71,72)(H3,50,53,57,58,68)/t25-,27+,33+,34+/m1/s1. The summed E-state index contributed by atoms with van der Waals surface area (Å²) in [6.07, 6.45) is 2.30. The fourth-order valence-electron chi connectivity index (χ4n) is 8.41. The molecule has 26 heteroatoms. The van der Waals surface area contributed by atoms with Gasteiger partial charge in [0.25, 0.3) is 11.5 Å². The van der Waals surface area contributed by atoms with E-state index in [1.54, 1.807) is 26.0 Å². The molecule has 0 saturated heterocycles. The van der Waals surface area contributed by atoms with E-state index in [4.69, 9.17) is 5.73 Å². The molecule has 2 aliphatic rings. The first kappa shape index (κ1) is 52.9. The molecule has 2 aliphatic heterocycles.